The first-order valence-corrected chi connectivity index (χ1v) is 30.3. The van der Waals surface area contributed by atoms with Crippen molar-refractivity contribution in [2.75, 3.05) is 20.3 Å². The van der Waals surface area contributed by atoms with Gasteiger partial charge in [0.15, 0.2) is 0 Å². The standard InChI is InChI=1S/C61H94N12O16/c1-12-31(5)46(70-53(80)41(63-11)27-37-19-17-16-18-20-37)57(84)67-43(29-74)55(82)65-40(25-26-45(62)77)52(79)69-48(33(7)14-3)59(86)71-47(32(6)13-2)58(85)68-44(30-75)56(83)73-50-36(10)89-61(88)49(34(8)15-4)72-54(81)42(28-38-21-23-39(76)24-22-38)66-51(78)35(9)64-60(50)87/h16-24,31-36,40-44,46-50,63,74-76H,12-15,25-30H2,1-11H3,(H2,62,77)(H,64,87)(H,65,82)(H,66,78)(H,67,84)(H,68,85)(H,69,79)(H,70,80)(H,71,86)(H,72,81)(H,73,83)/t31-,32-,33+,34-,35-,36-,40+,41+,42-,43-,44-,46-,47-,48+,49-,50+/m0/s1. The summed E-state index contributed by atoms with van der Waals surface area (Å²) in [6.07, 6.45) is -0.863. The van der Waals surface area contributed by atoms with Gasteiger partial charge in [-0.2, -0.15) is 0 Å². The smallest absolute Gasteiger partial charge is 0.329 e. The lowest BCUT2D eigenvalue weighted by atomic mass is 9.94. The zero-order chi connectivity index (χ0) is 66.8. The Morgan fingerprint density at radius 3 is 1.52 bits per heavy atom. The number of carbonyl (C=O) groups excluding carboxylic acids is 12. The minimum Gasteiger partial charge on any atom is -0.508 e. The summed E-state index contributed by atoms with van der Waals surface area (Å²) in [5.74, 6) is -13.3. The molecular formula is C61H94N12O16. The summed E-state index contributed by atoms with van der Waals surface area (Å²) in [5, 5.41) is 59.2. The van der Waals surface area contributed by atoms with Crippen molar-refractivity contribution in [1.29, 1.82) is 0 Å². The summed E-state index contributed by atoms with van der Waals surface area (Å²) in [5.41, 5.74) is 6.84. The number of likely N-dealkylation sites (N-methyl/N-ethyl adjacent to an activating group) is 1. The van der Waals surface area contributed by atoms with Crippen LogP contribution >= 0.6 is 0 Å². The molecule has 16 atom stereocenters. The molecule has 0 saturated carbocycles. The lowest BCUT2D eigenvalue weighted by molar-refractivity contribution is -0.157. The second kappa shape index (κ2) is 36.9. The van der Waals surface area contributed by atoms with Gasteiger partial charge in [-0.1, -0.05) is 124 Å². The number of phenolic OH excluding ortho intramolecular Hbond substituents is 1. The Labute approximate surface area is 519 Å². The van der Waals surface area contributed by atoms with Gasteiger partial charge in [0.1, 0.15) is 72.3 Å². The summed E-state index contributed by atoms with van der Waals surface area (Å²) in [7, 11) is 1.60. The highest BCUT2D eigenvalue weighted by molar-refractivity contribution is 5.99. The van der Waals surface area contributed by atoms with Crippen LogP contribution in [0.25, 0.3) is 0 Å². The molecule has 1 saturated heterocycles. The van der Waals surface area contributed by atoms with Crippen LogP contribution in [0.5, 0.6) is 5.75 Å². The number of nitrogens with one attached hydrogen (secondary N) is 11. The maximum atomic E-state index is 14.4. The minimum atomic E-state index is -1.83. The number of cyclic esters (lactones) is 1. The van der Waals surface area contributed by atoms with Crippen molar-refractivity contribution in [3.05, 3.63) is 65.7 Å². The third kappa shape index (κ3) is 23.0. The van der Waals surface area contributed by atoms with E-state index < -0.39 is 193 Å². The van der Waals surface area contributed by atoms with E-state index in [0.717, 1.165) is 5.56 Å². The van der Waals surface area contributed by atoms with E-state index in [4.69, 9.17) is 10.5 Å². The Kier molecular flexibility index (Phi) is 31.1. The topological polar surface area (TPSA) is 433 Å². The molecule has 0 unspecified atom stereocenters. The number of hydrogen-bond acceptors (Lipinski definition) is 17. The van der Waals surface area contributed by atoms with E-state index in [-0.39, 0.29) is 25.0 Å². The van der Waals surface area contributed by atoms with Gasteiger partial charge in [-0.05, 0) is 80.7 Å². The van der Waals surface area contributed by atoms with E-state index >= 15 is 0 Å². The van der Waals surface area contributed by atoms with E-state index in [1.54, 1.807) is 62.4 Å². The van der Waals surface area contributed by atoms with Gasteiger partial charge >= 0.3 is 5.97 Å². The average Bonchev–Trinajstić information content (AvgIpc) is 3.87. The summed E-state index contributed by atoms with van der Waals surface area (Å²) < 4.78 is 5.73. The van der Waals surface area contributed by atoms with E-state index in [2.05, 4.69) is 58.5 Å². The Hall–Kier alpha value is -8.24. The molecule has 1 fully saturated rings. The number of aromatic hydroxyl groups is 1. The monoisotopic (exact) mass is 1250 g/mol. The van der Waals surface area contributed by atoms with Crippen molar-refractivity contribution in [3.63, 3.8) is 0 Å². The molecule has 16 N–H and O–H groups in total. The molecule has 89 heavy (non-hydrogen) atoms. The maximum absolute atomic E-state index is 14.4. The Balaban J connectivity index is 1.86. The summed E-state index contributed by atoms with van der Waals surface area (Å²) in [6.45, 7) is 14.1. The Morgan fingerprint density at radius 2 is 1.03 bits per heavy atom. The van der Waals surface area contributed by atoms with Gasteiger partial charge in [-0.25, -0.2) is 4.79 Å². The van der Waals surface area contributed by atoms with Gasteiger partial charge in [0.2, 0.25) is 65.0 Å². The average molecular weight is 1250 g/mol. The molecule has 11 amide bonds. The lowest BCUT2D eigenvalue weighted by Crippen LogP contribution is -2.63. The van der Waals surface area contributed by atoms with Gasteiger partial charge in [0, 0.05) is 12.8 Å². The molecule has 494 valence electrons. The fraction of sp³-hybridized carbons (Fsp3) is 0.607. The number of phenols is 1. The molecule has 0 aliphatic carbocycles. The van der Waals surface area contributed by atoms with E-state index in [0.29, 0.717) is 24.8 Å². The van der Waals surface area contributed by atoms with Gasteiger partial charge in [0.05, 0.1) is 19.3 Å². The zero-order valence-corrected chi connectivity index (χ0v) is 52.7. The number of carbonyl (C=O) groups is 12. The number of aliphatic hydroxyl groups excluding tert-OH is 2. The highest BCUT2D eigenvalue weighted by atomic mass is 16.5. The molecule has 2 aromatic carbocycles. The molecule has 28 nitrogen and oxygen atoms in total. The van der Waals surface area contributed by atoms with Crippen LogP contribution < -0.4 is 64.2 Å². The van der Waals surface area contributed by atoms with E-state index in [9.17, 15) is 72.9 Å². The summed E-state index contributed by atoms with van der Waals surface area (Å²) in [4.78, 5) is 166. The van der Waals surface area contributed by atoms with Crippen LogP contribution in [0.15, 0.2) is 54.6 Å². The van der Waals surface area contributed by atoms with Crippen molar-refractivity contribution in [2.24, 2.45) is 29.4 Å². The van der Waals surface area contributed by atoms with Crippen molar-refractivity contribution >= 4 is 70.9 Å². The minimum absolute atomic E-state index is 0.0395. The van der Waals surface area contributed by atoms with Gasteiger partial charge < -0.3 is 84.3 Å². The molecule has 0 spiro atoms. The summed E-state index contributed by atoms with van der Waals surface area (Å²) >= 11 is 0. The van der Waals surface area contributed by atoms with Crippen LogP contribution in [-0.4, -0.2) is 179 Å². The molecular weight excluding hydrogens is 1160 g/mol. The Morgan fingerprint density at radius 1 is 0.562 bits per heavy atom. The second-order valence-electron chi connectivity index (χ2n) is 22.9. The van der Waals surface area contributed by atoms with Crippen molar-refractivity contribution in [1.82, 2.24) is 58.5 Å². The normalized spacial score (nSPS) is 21.0. The van der Waals surface area contributed by atoms with Crippen molar-refractivity contribution < 1.29 is 77.6 Å². The zero-order valence-electron chi connectivity index (χ0n) is 52.7. The molecule has 28 heteroatoms. The third-order valence-electron chi connectivity index (χ3n) is 16.1. The van der Waals surface area contributed by atoms with E-state index in [1.807, 2.05) is 30.3 Å². The van der Waals surface area contributed by atoms with Crippen molar-refractivity contribution in [2.45, 2.75) is 193 Å². The number of amides is 11. The number of benzene rings is 2. The molecule has 3 rings (SSSR count). The van der Waals surface area contributed by atoms with Crippen LogP contribution in [0.3, 0.4) is 0 Å². The van der Waals surface area contributed by atoms with Crippen LogP contribution in [0, 0.1) is 23.7 Å². The Bertz CT molecular complexity index is 2740. The maximum Gasteiger partial charge on any atom is 0.329 e. The first-order valence-electron chi connectivity index (χ1n) is 30.3. The largest absolute Gasteiger partial charge is 0.508 e. The summed E-state index contributed by atoms with van der Waals surface area (Å²) in [6, 6.07) is -0.642. The SMILES string of the molecule is CC[C@@H](C)[C@@H](NC(=O)[C@@H](CCC(N)=O)NC(=O)[C@H](CO)NC(=O)[C@@H](NC(=O)[C@@H](Cc1ccccc1)NC)[C@@H](C)CC)C(=O)N[C@H](C(=O)N[C@@H](CO)C(=O)N[C@H]1C(=O)N[C@@H](C)C(=O)N[C@@H](Cc2ccc(O)cc2)C(=O)N[C@@H]([C@@H](C)CC)C(=O)O[C@H]1C)[C@@H](C)CC. The predicted molar refractivity (Wildman–Crippen MR) is 326 cm³/mol. The highest BCUT2D eigenvalue weighted by Crippen LogP contribution is 2.18. The fourth-order valence-corrected chi connectivity index (χ4v) is 9.41. The number of rotatable bonds is 32. The molecule has 1 aliphatic rings. The van der Waals surface area contributed by atoms with Gasteiger partial charge in [0.25, 0.3) is 0 Å². The molecule has 0 bridgehead atoms. The fourth-order valence-electron chi connectivity index (χ4n) is 9.41. The number of primary amides is 1. The first-order chi connectivity index (χ1) is 42.1. The molecule has 0 aromatic heterocycles. The number of aliphatic hydroxyl groups is 2. The van der Waals surface area contributed by atoms with Gasteiger partial charge in [-0.15, -0.1) is 0 Å². The number of hydrogen-bond donors (Lipinski definition) is 15. The third-order valence-corrected chi connectivity index (χ3v) is 16.1. The molecule has 1 aliphatic heterocycles. The van der Waals surface area contributed by atoms with Crippen LogP contribution in [0.1, 0.15) is 119 Å². The quantitative estimate of drug-likeness (QED) is 0.0353. The first kappa shape index (κ1) is 75.0. The lowest BCUT2D eigenvalue weighted by Gasteiger charge is -2.31. The van der Waals surface area contributed by atoms with Crippen LogP contribution in [-0.2, 0) is 75.1 Å². The van der Waals surface area contributed by atoms with Crippen LogP contribution in [0.4, 0.5) is 0 Å². The van der Waals surface area contributed by atoms with Crippen molar-refractivity contribution in [3.8, 4) is 5.75 Å². The van der Waals surface area contributed by atoms with Gasteiger partial charge in [-0.3, -0.25) is 52.7 Å². The highest BCUT2D eigenvalue weighted by Gasteiger charge is 2.41. The number of esters is 1. The van der Waals surface area contributed by atoms with E-state index in [1.165, 1.54) is 38.1 Å². The molecule has 1 heterocycles. The second-order valence-corrected chi connectivity index (χ2v) is 22.9. The molecule has 0 radical (unpaired) electrons. The van der Waals surface area contributed by atoms with Crippen LogP contribution in [0.2, 0.25) is 0 Å². The predicted octanol–water partition coefficient (Wildman–Crippen LogP) is -1.99. The number of ether oxygens (including phenoxy) is 1. The number of nitrogens with two attached hydrogens (primary N) is 1. The molecule has 2 aromatic rings.